The lowest BCUT2D eigenvalue weighted by molar-refractivity contribution is -0.140. The molecule has 3 aromatic rings. The van der Waals surface area contributed by atoms with E-state index in [4.69, 9.17) is 4.74 Å². The quantitative estimate of drug-likeness (QED) is 0.500. The number of carbonyl (C=O) groups excluding carboxylic acids is 1. The van der Waals surface area contributed by atoms with Gasteiger partial charge in [-0.3, -0.25) is 14.9 Å². The number of aliphatic carboxylic acids is 1. The fraction of sp³-hybridized carbons (Fsp3) is 0.286. The average Bonchev–Trinajstić information content (AvgIpc) is 2.97. The van der Waals surface area contributed by atoms with Crippen LogP contribution in [0.2, 0.25) is 0 Å². The average molecular weight is 477 g/mol. The van der Waals surface area contributed by atoms with Crippen molar-refractivity contribution in [2.75, 3.05) is 11.5 Å². The Hall–Kier alpha value is -3.71. The van der Waals surface area contributed by atoms with Crippen molar-refractivity contribution in [1.29, 1.82) is 0 Å². The Kier molecular flexibility index (Phi) is 7.46. The lowest BCUT2D eigenvalue weighted by Crippen LogP contribution is -2.54. The molecule has 0 fully saturated rings. The number of rotatable bonds is 8. The number of halogens is 1. The molecule has 0 aromatic heterocycles. The summed E-state index contributed by atoms with van der Waals surface area (Å²) in [4.78, 5) is 27.3. The Labute approximate surface area is 204 Å². The molecule has 0 radical (unpaired) electrons. The number of anilines is 1. The Morgan fingerprint density at radius 3 is 2.37 bits per heavy atom. The first kappa shape index (κ1) is 24.4. The van der Waals surface area contributed by atoms with Gasteiger partial charge in [0.25, 0.3) is 0 Å². The number of para-hydroxylation sites is 2. The van der Waals surface area contributed by atoms with Crippen LogP contribution >= 0.6 is 0 Å². The van der Waals surface area contributed by atoms with Crippen LogP contribution in [-0.4, -0.2) is 35.7 Å². The highest BCUT2D eigenvalue weighted by Crippen LogP contribution is 2.32. The molecule has 2 N–H and O–H groups in total. The summed E-state index contributed by atoms with van der Waals surface area (Å²) in [5.41, 5.74) is 3.46. The van der Waals surface area contributed by atoms with Gasteiger partial charge in [0.2, 0.25) is 5.91 Å². The third kappa shape index (κ3) is 5.87. The number of carboxylic acid groups (broad SMARTS) is 1. The maximum Gasteiger partial charge on any atom is 0.321 e. The Balaban J connectivity index is 1.58. The van der Waals surface area contributed by atoms with E-state index in [2.05, 4.69) is 31.3 Å². The number of carboxylic acids is 1. The second-order valence-electron chi connectivity index (χ2n) is 9.04. The molecule has 0 unspecified atom stereocenters. The summed E-state index contributed by atoms with van der Waals surface area (Å²) in [5.74, 6) is -0.793. The van der Waals surface area contributed by atoms with Crippen LogP contribution in [0, 0.1) is 5.82 Å². The molecular weight excluding hydrogens is 447 g/mol. The van der Waals surface area contributed by atoms with Crippen LogP contribution in [-0.2, 0) is 22.6 Å². The van der Waals surface area contributed by atoms with Crippen molar-refractivity contribution in [2.45, 2.75) is 44.8 Å². The minimum atomic E-state index is -1.10. The predicted molar refractivity (Wildman–Crippen MR) is 132 cm³/mol. The van der Waals surface area contributed by atoms with Gasteiger partial charge >= 0.3 is 5.97 Å². The first-order valence-corrected chi connectivity index (χ1v) is 11.7. The van der Waals surface area contributed by atoms with Crippen molar-refractivity contribution in [1.82, 2.24) is 5.32 Å². The van der Waals surface area contributed by atoms with Gasteiger partial charge in [-0.2, -0.15) is 0 Å². The van der Waals surface area contributed by atoms with Crippen LogP contribution in [0.4, 0.5) is 10.1 Å². The molecule has 1 aliphatic rings. The molecule has 4 rings (SSSR count). The van der Waals surface area contributed by atoms with E-state index in [0.717, 1.165) is 5.56 Å². The van der Waals surface area contributed by atoms with Gasteiger partial charge in [-0.1, -0.05) is 62.4 Å². The van der Waals surface area contributed by atoms with Crippen molar-refractivity contribution < 1.29 is 23.8 Å². The van der Waals surface area contributed by atoms with Crippen LogP contribution in [0.5, 0.6) is 5.75 Å². The van der Waals surface area contributed by atoms with E-state index in [1.807, 2.05) is 30.3 Å². The Bertz CT molecular complexity index is 1180. The fourth-order valence-corrected chi connectivity index (χ4v) is 4.14. The number of carbonyl (C=O) groups is 2. The summed E-state index contributed by atoms with van der Waals surface area (Å²) in [6.45, 7) is 4.57. The molecule has 182 valence electrons. The molecule has 1 aliphatic heterocycles. The van der Waals surface area contributed by atoms with E-state index in [9.17, 15) is 19.1 Å². The van der Waals surface area contributed by atoms with E-state index in [1.165, 1.54) is 17.7 Å². The first-order valence-electron chi connectivity index (χ1n) is 11.7. The van der Waals surface area contributed by atoms with Gasteiger partial charge in [0.05, 0.1) is 12.2 Å². The van der Waals surface area contributed by atoms with Crippen LogP contribution in [0.3, 0.4) is 0 Å². The van der Waals surface area contributed by atoms with Crippen LogP contribution in [0.25, 0.3) is 0 Å². The second kappa shape index (κ2) is 10.7. The van der Waals surface area contributed by atoms with Crippen LogP contribution in [0.1, 0.15) is 36.5 Å². The maximum absolute atomic E-state index is 13.7. The topological polar surface area (TPSA) is 78.9 Å². The standard InChI is InChI=1S/C28H29FN2O4/c1-18(2)21-11-7-20(8-12-21)16-31-25-5-3-4-6-26(25)35-17-24(27(31)32)30-23(28(33)34)15-19-9-13-22(29)14-10-19/h3-14,18,23-24,30H,15-17H2,1-2H3,(H,33,34)/t23-,24-/m0/s1. The number of fused-ring (bicyclic) bond motifs is 1. The normalized spacial score (nSPS) is 16.4. The molecule has 7 heteroatoms. The van der Waals surface area contributed by atoms with Gasteiger partial charge in [-0.15, -0.1) is 0 Å². The van der Waals surface area contributed by atoms with Gasteiger partial charge in [0.15, 0.2) is 0 Å². The molecule has 35 heavy (non-hydrogen) atoms. The molecule has 1 heterocycles. The number of hydrogen-bond donors (Lipinski definition) is 2. The summed E-state index contributed by atoms with van der Waals surface area (Å²) >= 11 is 0. The van der Waals surface area contributed by atoms with Crippen molar-refractivity contribution in [3.8, 4) is 5.75 Å². The summed E-state index contributed by atoms with van der Waals surface area (Å²) in [6, 6.07) is 19.2. The fourth-order valence-electron chi connectivity index (χ4n) is 4.14. The van der Waals surface area contributed by atoms with E-state index in [1.54, 1.807) is 23.1 Å². The van der Waals surface area contributed by atoms with Crippen molar-refractivity contribution in [3.05, 3.63) is 95.3 Å². The number of hydrogen-bond acceptors (Lipinski definition) is 4. The molecular formula is C28H29FN2O4. The SMILES string of the molecule is CC(C)c1ccc(CN2C(=O)[C@@H](N[C@@H](Cc3ccc(F)cc3)C(=O)O)COc3ccccc32)cc1. The summed E-state index contributed by atoms with van der Waals surface area (Å²) in [5, 5.41) is 12.8. The lowest BCUT2D eigenvalue weighted by atomic mass is 10.0. The monoisotopic (exact) mass is 476 g/mol. The maximum atomic E-state index is 13.7. The number of benzene rings is 3. The van der Waals surface area contributed by atoms with Crippen molar-refractivity contribution >= 4 is 17.6 Å². The minimum absolute atomic E-state index is 0.00810. The Morgan fingerprint density at radius 1 is 1.06 bits per heavy atom. The molecule has 0 bridgehead atoms. The second-order valence-corrected chi connectivity index (χ2v) is 9.04. The molecule has 0 spiro atoms. The number of nitrogens with zero attached hydrogens (tertiary/aromatic N) is 1. The smallest absolute Gasteiger partial charge is 0.321 e. The highest BCUT2D eigenvalue weighted by atomic mass is 19.1. The van der Waals surface area contributed by atoms with E-state index < -0.39 is 23.9 Å². The summed E-state index contributed by atoms with van der Waals surface area (Å²) < 4.78 is 19.2. The van der Waals surface area contributed by atoms with E-state index >= 15 is 0 Å². The molecule has 0 saturated heterocycles. The number of nitrogens with one attached hydrogen (secondary N) is 1. The number of amides is 1. The summed E-state index contributed by atoms with van der Waals surface area (Å²) in [7, 11) is 0. The third-order valence-electron chi connectivity index (χ3n) is 6.17. The van der Waals surface area contributed by atoms with E-state index in [0.29, 0.717) is 29.5 Å². The van der Waals surface area contributed by atoms with Gasteiger partial charge < -0.3 is 14.7 Å². The first-order chi connectivity index (χ1) is 16.8. The van der Waals surface area contributed by atoms with Gasteiger partial charge in [0, 0.05) is 0 Å². The van der Waals surface area contributed by atoms with Crippen LogP contribution in [0.15, 0.2) is 72.8 Å². The van der Waals surface area contributed by atoms with Crippen molar-refractivity contribution in [3.63, 3.8) is 0 Å². The minimum Gasteiger partial charge on any atom is -0.489 e. The zero-order valence-electron chi connectivity index (χ0n) is 19.8. The lowest BCUT2D eigenvalue weighted by Gasteiger charge is -2.27. The third-order valence-corrected chi connectivity index (χ3v) is 6.17. The molecule has 3 aromatic carbocycles. The van der Waals surface area contributed by atoms with Gasteiger partial charge in [-0.05, 0) is 53.3 Å². The Morgan fingerprint density at radius 2 is 1.71 bits per heavy atom. The molecule has 6 nitrogen and oxygen atoms in total. The van der Waals surface area contributed by atoms with Gasteiger partial charge in [0.1, 0.15) is 30.3 Å². The van der Waals surface area contributed by atoms with Crippen LogP contribution < -0.4 is 15.0 Å². The zero-order valence-corrected chi connectivity index (χ0v) is 19.8. The molecule has 0 aliphatic carbocycles. The highest BCUT2D eigenvalue weighted by molar-refractivity contribution is 5.99. The highest BCUT2D eigenvalue weighted by Gasteiger charge is 2.34. The van der Waals surface area contributed by atoms with Gasteiger partial charge in [-0.25, -0.2) is 4.39 Å². The molecule has 2 atom stereocenters. The molecule has 1 amide bonds. The summed E-state index contributed by atoms with van der Waals surface area (Å²) in [6.07, 6.45) is 0.100. The van der Waals surface area contributed by atoms with Crippen molar-refractivity contribution in [2.24, 2.45) is 0 Å². The van der Waals surface area contributed by atoms with E-state index in [-0.39, 0.29) is 18.9 Å². The number of ether oxygens (including phenoxy) is 1. The predicted octanol–water partition coefficient (Wildman–Crippen LogP) is 4.53. The zero-order chi connectivity index (χ0) is 24.9. The molecule has 0 saturated carbocycles. The largest absolute Gasteiger partial charge is 0.489 e.